The molecule has 0 fully saturated rings. The van der Waals surface area contributed by atoms with E-state index in [-0.39, 0.29) is 5.82 Å². The summed E-state index contributed by atoms with van der Waals surface area (Å²) in [4.78, 5) is 3.84. The molecule has 1 N–H and O–H groups in total. The fourth-order valence-corrected chi connectivity index (χ4v) is 1.39. The van der Waals surface area contributed by atoms with Gasteiger partial charge in [-0.1, -0.05) is 6.07 Å². The first-order valence-electron chi connectivity index (χ1n) is 4.64. The predicted octanol–water partition coefficient (Wildman–Crippen LogP) is 2.06. The summed E-state index contributed by atoms with van der Waals surface area (Å²) in [6.07, 6.45) is 4.12. The smallest absolute Gasteiger partial charge is 0.147 e. The van der Waals surface area contributed by atoms with E-state index in [9.17, 15) is 9.50 Å². The van der Waals surface area contributed by atoms with E-state index in [0.29, 0.717) is 11.3 Å². The van der Waals surface area contributed by atoms with E-state index in [0.717, 1.165) is 0 Å². The van der Waals surface area contributed by atoms with Gasteiger partial charge in [0.2, 0.25) is 0 Å². The van der Waals surface area contributed by atoms with Crippen LogP contribution >= 0.6 is 0 Å². The number of benzene rings is 1. The van der Waals surface area contributed by atoms with Gasteiger partial charge in [0.1, 0.15) is 5.82 Å². The molecular formula is C11H11FN2O. The van der Waals surface area contributed by atoms with Gasteiger partial charge in [-0.05, 0) is 24.6 Å². The lowest BCUT2D eigenvalue weighted by atomic mass is 10.1. The Hall–Kier alpha value is -1.68. The molecule has 0 radical (unpaired) electrons. The summed E-state index contributed by atoms with van der Waals surface area (Å²) in [5.74, 6) is -0.369. The van der Waals surface area contributed by atoms with Crippen LogP contribution in [-0.4, -0.2) is 14.7 Å². The maximum absolute atomic E-state index is 13.6. The molecule has 1 heterocycles. The first kappa shape index (κ1) is 9.86. The molecule has 0 saturated heterocycles. The number of aromatic nitrogens is 2. The molecule has 3 nitrogen and oxygen atoms in total. The van der Waals surface area contributed by atoms with Gasteiger partial charge in [-0.15, -0.1) is 0 Å². The van der Waals surface area contributed by atoms with Crippen molar-refractivity contribution in [2.75, 3.05) is 0 Å². The van der Waals surface area contributed by atoms with E-state index in [1.165, 1.54) is 12.4 Å². The summed E-state index contributed by atoms with van der Waals surface area (Å²) < 4.78 is 15.2. The van der Waals surface area contributed by atoms with E-state index in [4.69, 9.17) is 0 Å². The Balaban J connectivity index is 2.44. The van der Waals surface area contributed by atoms with Crippen molar-refractivity contribution < 1.29 is 9.50 Å². The van der Waals surface area contributed by atoms with E-state index in [1.807, 2.05) is 0 Å². The van der Waals surface area contributed by atoms with E-state index < -0.39 is 6.10 Å². The Bertz CT molecular complexity index is 452. The highest BCUT2D eigenvalue weighted by atomic mass is 19.1. The second-order valence-electron chi connectivity index (χ2n) is 3.36. The van der Waals surface area contributed by atoms with Crippen molar-refractivity contribution in [1.29, 1.82) is 0 Å². The molecule has 0 amide bonds. The first-order valence-corrected chi connectivity index (χ1v) is 4.64. The second kappa shape index (κ2) is 3.82. The van der Waals surface area contributed by atoms with E-state index >= 15 is 0 Å². The summed E-state index contributed by atoms with van der Waals surface area (Å²) in [6, 6.07) is 4.65. The van der Waals surface area contributed by atoms with Crippen molar-refractivity contribution in [3.05, 3.63) is 48.3 Å². The number of aliphatic hydroxyl groups excluding tert-OH is 1. The molecule has 0 unspecified atom stereocenters. The fourth-order valence-electron chi connectivity index (χ4n) is 1.39. The third-order valence-electron chi connectivity index (χ3n) is 2.24. The Morgan fingerprint density at radius 3 is 2.80 bits per heavy atom. The van der Waals surface area contributed by atoms with Gasteiger partial charge in [-0.3, -0.25) is 0 Å². The number of nitrogens with zero attached hydrogens (tertiary/aromatic N) is 2. The van der Waals surface area contributed by atoms with Crippen molar-refractivity contribution in [3.63, 3.8) is 0 Å². The third kappa shape index (κ3) is 1.89. The van der Waals surface area contributed by atoms with Gasteiger partial charge in [-0.2, -0.15) is 0 Å². The van der Waals surface area contributed by atoms with Crippen LogP contribution in [0.3, 0.4) is 0 Å². The zero-order valence-electron chi connectivity index (χ0n) is 8.26. The summed E-state index contributed by atoms with van der Waals surface area (Å²) in [5.41, 5.74) is 0.994. The number of imidazole rings is 1. The number of halogens is 1. The Labute approximate surface area is 86.8 Å². The largest absolute Gasteiger partial charge is 0.389 e. The lowest BCUT2D eigenvalue weighted by Gasteiger charge is -2.08. The number of rotatable bonds is 2. The highest BCUT2D eigenvalue weighted by Gasteiger charge is 2.07. The normalized spacial score (nSPS) is 12.7. The van der Waals surface area contributed by atoms with E-state index in [1.54, 1.807) is 36.0 Å². The Morgan fingerprint density at radius 1 is 1.47 bits per heavy atom. The molecule has 1 atom stereocenters. The number of aliphatic hydroxyl groups is 1. The van der Waals surface area contributed by atoms with Crippen LogP contribution < -0.4 is 0 Å². The highest BCUT2D eigenvalue weighted by Crippen LogP contribution is 2.18. The van der Waals surface area contributed by atoms with Crippen LogP contribution in [-0.2, 0) is 0 Å². The second-order valence-corrected chi connectivity index (χ2v) is 3.36. The predicted molar refractivity (Wildman–Crippen MR) is 54.2 cm³/mol. The molecular weight excluding hydrogens is 195 g/mol. The minimum Gasteiger partial charge on any atom is -0.389 e. The molecule has 1 aromatic carbocycles. The van der Waals surface area contributed by atoms with Crippen molar-refractivity contribution in [1.82, 2.24) is 9.55 Å². The molecule has 0 aliphatic rings. The van der Waals surface area contributed by atoms with Gasteiger partial charge in [0, 0.05) is 12.4 Å². The average Bonchev–Trinajstić information content (AvgIpc) is 2.70. The molecule has 0 aliphatic carbocycles. The summed E-state index contributed by atoms with van der Waals surface area (Å²) in [6.45, 7) is 1.60. The van der Waals surface area contributed by atoms with Crippen LogP contribution in [0.2, 0.25) is 0 Å². The fraction of sp³-hybridized carbons (Fsp3) is 0.182. The van der Waals surface area contributed by atoms with Gasteiger partial charge < -0.3 is 9.67 Å². The maximum Gasteiger partial charge on any atom is 0.147 e. The summed E-state index contributed by atoms with van der Waals surface area (Å²) in [5, 5.41) is 9.28. The molecule has 2 aromatic rings. The van der Waals surface area contributed by atoms with Crippen molar-refractivity contribution >= 4 is 0 Å². The van der Waals surface area contributed by atoms with Crippen molar-refractivity contribution in [2.45, 2.75) is 13.0 Å². The number of hydrogen-bond acceptors (Lipinski definition) is 2. The standard InChI is InChI=1S/C11H11FN2O/c1-8(15)9-2-3-11(10(12)6-9)14-5-4-13-7-14/h2-8,15H,1H3/t8-/m1/s1. The minimum atomic E-state index is -0.656. The van der Waals surface area contributed by atoms with Crippen LogP contribution in [0.15, 0.2) is 36.9 Å². The lowest BCUT2D eigenvalue weighted by molar-refractivity contribution is 0.199. The Kier molecular flexibility index (Phi) is 2.51. The molecule has 15 heavy (non-hydrogen) atoms. The molecule has 4 heteroatoms. The monoisotopic (exact) mass is 206 g/mol. The molecule has 78 valence electrons. The third-order valence-corrected chi connectivity index (χ3v) is 2.24. The van der Waals surface area contributed by atoms with Gasteiger partial charge in [0.05, 0.1) is 18.1 Å². The van der Waals surface area contributed by atoms with Gasteiger partial charge in [0.15, 0.2) is 0 Å². The first-order chi connectivity index (χ1) is 7.18. The molecule has 0 saturated carbocycles. The van der Waals surface area contributed by atoms with Crippen LogP contribution in [0.1, 0.15) is 18.6 Å². The highest BCUT2D eigenvalue weighted by molar-refractivity contribution is 5.37. The van der Waals surface area contributed by atoms with Gasteiger partial charge in [0.25, 0.3) is 0 Å². The zero-order chi connectivity index (χ0) is 10.8. The average molecular weight is 206 g/mol. The topological polar surface area (TPSA) is 38.0 Å². The Morgan fingerprint density at radius 2 is 2.27 bits per heavy atom. The molecule has 1 aromatic heterocycles. The molecule has 0 spiro atoms. The van der Waals surface area contributed by atoms with Crippen LogP contribution in [0.4, 0.5) is 4.39 Å². The molecule has 0 aliphatic heterocycles. The summed E-state index contributed by atoms with van der Waals surface area (Å²) >= 11 is 0. The van der Waals surface area contributed by atoms with Gasteiger partial charge in [-0.25, -0.2) is 9.37 Å². The summed E-state index contributed by atoms with van der Waals surface area (Å²) in [7, 11) is 0. The maximum atomic E-state index is 13.6. The van der Waals surface area contributed by atoms with Crippen LogP contribution in [0, 0.1) is 5.82 Å². The number of hydrogen-bond donors (Lipinski definition) is 1. The van der Waals surface area contributed by atoms with Crippen LogP contribution in [0.25, 0.3) is 5.69 Å². The molecule has 0 bridgehead atoms. The quantitative estimate of drug-likeness (QED) is 0.816. The van der Waals surface area contributed by atoms with Gasteiger partial charge >= 0.3 is 0 Å². The van der Waals surface area contributed by atoms with Crippen molar-refractivity contribution in [3.8, 4) is 5.69 Å². The van der Waals surface area contributed by atoms with E-state index in [2.05, 4.69) is 4.98 Å². The SMILES string of the molecule is C[C@@H](O)c1ccc(-n2ccnc2)c(F)c1. The van der Waals surface area contributed by atoms with Crippen LogP contribution in [0.5, 0.6) is 0 Å². The zero-order valence-corrected chi connectivity index (χ0v) is 8.26. The van der Waals surface area contributed by atoms with Crippen molar-refractivity contribution in [2.24, 2.45) is 0 Å². The lowest BCUT2D eigenvalue weighted by Crippen LogP contribution is -1.98. The molecule has 2 rings (SSSR count). The minimum absolute atomic E-state index is 0.369.